The molecule has 20 heavy (non-hydrogen) atoms. The maximum atomic E-state index is 12.0. The average Bonchev–Trinajstić information content (AvgIpc) is 2.48. The first kappa shape index (κ1) is 14.9. The van der Waals surface area contributed by atoms with Gasteiger partial charge in [-0.3, -0.25) is 4.79 Å². The molecule has 1 heterocycles. The van der Waals surface area contributed by atoms with Crippen LogP contribution in [0.5, 0.6) is 0 Å². The third-order valence-electron chi connectivity index (χ3n) is 3.95. The standard InChI is InChI=1S/C17H26N2O/c1-14(2)15-6-8-16(9-7-15)18-11-10-17(20)19-12-4-3-5-13-19/h6-9,14,18H,3-5,10-13H2,1-2H3. The lowest BCUT2D eigenvalue weighted by Crippen LogP contribution is -2.36. The normalized spacial score (nSPS) is 15.4. The van der Waals surface area contributed by atoms with Crippen LogP contribution in [0, 0.1) is 0 Å². The quantitative estimate of drug-likeness (QED) is 0.889. The van der Waals surface area contributed by atoms with Crippen LogP contribution in [0.2, 0.25) is 0 Å². The van der Waals surface area contributed by atoms with Crippen LogP contribution in [0.3, 0.4) is 0 Å². The van der Waals surface area contributed by atoms with E-state index >= 15 is 0 Å². The summed E-state index contributed by atoms with van der Waals surface area (Å²) in [4.78, 5) is 14.0. The van der Waals surface area contributed by atoms with E-state index < -0.39 is 0 Å². The van der Waals surface area contributed by atoms with Gasteiger partial charge < -0.3 is 10.2 Å². The van der Waals surface area contributed by atoms with E-state index in [0.29, 0.717) is 12.3 Å². The van der Waals surface area contributed by atoms with Crippen LogP contribution in [0.15, 0.2) is 24.3 Å². The second-order valence-electron chi connectivity index (χ2n) is 5.89. The fourth-order valence-electron chi connectivity index (χ4n) is 2.60. The van der Waals surface area contributed by atoms with E-state index in [1.54, 1.807) is 0 Å². The number of piperidine rings is 1. The zero-order chi connectivity index (χ0) is 14.4. The second-order valence-corrected chi connectivity index (χ2v) is 5.89. The summed E-state index contributed by atoms with van der Waals surface area (Å²) >= 11 is 0. The summed E-state index contributed by atoms with van der Waals surface area (Å²) in [5.74, 6) is 0.848. The Labute approximate surface area is 122 Å². The minimum Gasteiger partial charge on any atom is -0.385 e. The Kier molecular flexibility index (Phi) is 5.45. The fraction of sp³-hybridized carbons (Fsp3) is 0.588. The van der Waals surface area contributed by atoms with Gasteiger partial charge in [-0.05, 0) is 42.9 Å². The molecule has 1 aromatic carbocycles. The molecule has 0 aromatic heterocycles. The van der Waals surface area contributed by atoms with E-state index in [2.05, 4.69) is 43.4 Å². The Morgan fingerprint density at radius 1 is 1.15 bits per heavy atom. The van der Waals surface area contributed by atoms with Crippen LogP contribution in [0.1, 0.15) is 51.0 Å². The maximum absolute atomic E-state index is 12.0. The van der Waals surface area contributed by atoms with E-state index in [-0.39, 0.29) is 5.91 Å². The van der Waals surface area contributed by atoms with E-state index in [0.717, 1.165) is 38.2 Å². The van der Waals surface area contributed by atoms with Gasteiger partial charge in [-0.1, -0.05) is 26.0 Å². The fourth-order valence-corrected chi connectivity index (χ4v) is 2.60. The van der Waals surface area contributed by atoms with Gasteiger partial charge in [-0.15, -0.1) is 0 Å². The molecule has 3 heteroatoms. The Morgan fingerprint density at radius 2 is 1.80 bits per heavy atom. The van der Waals surface area contributed by atoms with Crippen molar-refractivity contribution in [2.45, 2.75) is 45.4 Å². The van der Waals surface area contributed by atoms with E-state index in [9.17, 15) is 4.79 Å². The number of nitrogens with zero attached hydrogens (tertiary/aromatic N) is 1. The highest BCUT2D eigenvalue weighted by Crippen LogP contribution is 2.17. The number of carbonyl (C=O) groups is 1. The summed E-state index contributed by atoms with van der Waals surface area (Å²) in [5.41, 5.74) is 2.45. The van der Waals surface area contributed by atoms with E-state index in [1.807, 2.05) is 4.90 Å². The van der Waals surface area contributed by atoms with Gasteiger partial charge in [0.2, 0.25) is 5.91 Å². The molecule has 2 rings (SSSR count). The number of anilines is 1. The predicted molar refractivity (Wildman–Crippen MR) is 84.1 cm³/mol. The molecule has 0 radical (unpaired) electrons. The molecule has 1 saturated heterocycles. The molecule has 0 unspecified atom stereocenters. The van der Waals surface area contributed by atoms with Crippen LogP contribution in [0.25, 0.3) is 0 Å². The molecule has 1 aliphatic rings. The van der Waals surface area contributed by atoms with Crippen molar-refractivity contribution >= 4 is 11.6 Å². The largest absolute Gasteiger partial charge is 0.385 e. The van der Waals surface area contributed by atoms with Crippen LogP contribution in [0.4, 0.5) is 5.69 Å². The van der Waals surface area contributed by atoms with Gasteiger partial charge in [-0.2, -0.15) is 0 Å². The van der Waals surface area contributed by atoms with Crippen molar-refractivity contribution in [2.75, 3.05) is 25.0 Å². The number of likely N-dealkylation sites (tertiary alicyclic amines) is 1. The van der Waals surface area contributed by atoms with Crippen molar-refractivity contribution in [1.29, 1.82) is 0 Å². The Bertz CT molecular complexity index is 419. The van der Waals surface area contributed by atoms with Gasteiger partial charge in [0.1, 0.15) is 0 Å². The lowest BCUT2D eigenvalue weighted by Gasteiger charge is -2.26. The first-order valence-corrected chi connectivity index (χ1v) is 7.78. The molecular formula is C17H26N2O. The van der Waals surface area contributed by atoms with Crippen LogP contribution in [-0.2, 0) is 4.79 Å². The lowest BCUT2D eigenvalue weighted by molar-refractivity contribution is -0.131. The summed E-state index contributed by atoms with van der Waals surface area (Å²) < 4.78 is 0. The molecule has 1 amide bonds. The molecule has 1 aromatic rings. The molecular weight excluding hydrogens is 248 g/mol. The average molecular weight is 274 g/mol. The second kappa shape index (κ2) is 7.32. The zero-order valence-electron chi connectivity index (χ0n) is 12.7. The Morgan fingerprint density at radius 3 is 2.40 bits per heavy atom. The van der Waals surface area contributed by atoms with E-state index in [4.69, 9.17) is 0 Å². The lowest BCUT2D eigenvalue weighted by atomic mass is 10.0. The number of rotatable bonds is 5. The number of amides is 1. The molecule has 0 aliphatic carbocycles. The minimum absolute atomic E-state index is 0.288. The van der Waals surface area contributed by atoms with Crippen molar-refractivity contribution < 1.29 is 4.79 Å². The molecule has 1 aliphatic heterocycles. The predicted octanol–water partition coefficient (Wildman–Crippen LogP) is 3.62. The van der Waals surface area contributed by atoms with Crippen LogP contribution in [-0.4, -0.2) is 30.4 Å². The van der Waals surface area contributed by atoms with Crippen LogP contribution < -0.4 is 5.32 Å². The number of hydrogen-bond donors (Lipinski definition) is 1. The van der Waals surface area contributed by atoms with Crippen molar-refractivity contribution in [2.24, 2.45) is 0 Å². The first-order chi connectivity index (χ1) is 9.66. The van der Waals surface area contributed by atoms with Crippen molar-refractivity contribution in [3.8, 4) is 0 Å². The van der Waals surface area contributed by atoms with Crippen molar-refractivity contribution in [1.82, 2.24) is 4.90 Å². The number of benzene rings is 1. The summed E-state index contributed by atoms with van der Waals surface area (Å²) in [6.45, 7) is 7.00. The van der Waals surface area contributed by atoms with Gasteiger partial charge in [0, 0.05) is 31.7 Å². The topological polar surface area (TPSA) is 32.3 Å². The third kappa shape index (κ3) is 4.26. The van der Waals surface area contributed by atoms with Crippen molar-refractivity contribution in [3.63, 3.8) is 0 Å². The first-order valence-electron chi connectivity index (χ1n) is 7.78. The molecule has 0 atom stereocenters. The van der Waals surface area contributed by atoms with Crippen molar-refractivity contribution in [3.05, 3.63) is 29.8 Å². The molecule has 0 spiro atoms. The molecule has 110 valence electrons. The smallest absolute Gasteiger partial charge is 0.224 e. The van der Waals surface area contributed by atoms with Gasteiger partial charge >= 0.3 is 0 Å². The van der Waals surface area contributed by atoms with Gasteiger partial charge in [-0.25, -0.2) is 0 Å². The van der Waals surface area contributed by atoms with E-state index in [1.165, 1.54) is 12.0 Å². The Hall–Kier alpha value is -1.51. The highest BCUT2D eigenvalue weighted by atomic mass is 16.2. The molecule has 0 saturated carbocycles. The monoisotopic (exact) mass is 274 g/mol. The Balaban J connectivity index is 1.73. The summed E-state index contributed by atoms with van der Waals surface area (Å²) in [7, 11) is 0. The highest BCUT2D eigenvalue weighted by molar-refractivity contribution is 5.76. The summed E-state index contributed by atoms with van der Waals surface area (Å²) in [6.07, 6.45) is 4.18. The number of carbonyl (C=O) groups excluding carboxylic acids is 1. The summed E-state index contributed by atoms with van der Waals surface area (Å²) in [6, 6.07) is 8.50. The SMILES string of the molecule is CC(C)c1ccc(NCCC(=O)N2CCCCC2)cc1. The molecule has 3 nitrogen and oxygen atoms in total. The minimum atomic E-state index is 0.288. The zero-order valence-corrected chi connectivity index (χ0v) is 12.7. The molecule has 1 N–H and O–H groups in total. The summed E-state index contributed by atoms with van der Waals surface area (Å²) in [5, 5.41) is 3.33. The third-order valence-corrected chi connectivity index (χ3v) is 3.95. The van der Waals surface area contributed by atoms with Gasteiger partial charge in [0.15, 0.2) is 0 Å². The molecule has 1 fully saturated rings. The van der Waals surface area contributed by atoms with Crippen LogP contribution >= 0.6 is 0 Å². The number of nitrogens with one attached hydrogen (secondary N) is 1. The maximum Gasteiger partial charge on any atom is 0.224 e. The van der Waals surface area contributed by atoms with Gasteiger partial charge in [0.25, 0.3) is 0 Å². The number of hydrogen-bond acceptors (Lipinski definition) is 2. The molecule has 0 bridgehead atoms. The van der Waals surface area contributed by atoms with Gasteiger partial charge in [0.05, 0.1) is 0 Å². The highest BCUT2D eigenvalue weighted by Gasteiger charge is 2.15.